The third kappa shape index (κ3) is 4.79. The summed E-state index contributed by atoms with van der Waals surface area (Å²) in [6.07, 6.45) is 0. The molecule has 0 saturated carbocycles. The number of amides is 1. The van der Waals surface area contributed by atoms with Gasteiger partial charge in [-0.1, -0.05) is 42.5 Å². The lowest BCUT2D eigenvalue weighted by molar-refractivity contribution is 0.0334. The molecule has 1 saturated heterocycles. The highest BCUT2D eigenvalue weighted by molar-refractivity contribution is 5.95. The van der Waals surface area contributed by atoms with E-state index in [9.17, 15) is 4.79 Å². The molecule has 2 aromatic rings. The summed E-state index contributed by atoms with van der Waals surface area (Å²) in [5, 5.41) is 2.98. The molecule has 1 fully saturated rings. The van der Waals surface area contributed by atoms with Crippen LogP contribution >= 0.6 is 12.4 Å². The molecule has 1 heterocycles. The molecule has 1 aliphatic rings. The maximum absolute atomic E-state index is 12.3. The van der Waals surface area contributed by atoms with E-state index < -0.39 is 0 Å². The summed E-state index contributed by atoms with van der Waals surface area (Å²) < 4.78 is 5.30. The summed E-state index contributed by atoms with van der Waals surface area (Å²) in [5.74, 6) is -0.0377. The summed E-state index contributed by atoms with van der Waals surface area (Å²) in [6.45, 7) is 3.77. The van der Waals surface area contributed by atoms with Gasteiger partial charge in [0.15, 0.2) is 0 Å². The fourth-order valence-corrected chi connectivity index (χ4v) is 2.52. The van der Waals surface area contributed by atoms with E-state index >= 15 is 0 Å². The highest BCUT2D eigenvalue weighted by Gasteiger charge is 2.12. The van der Waals surface area contributed by atoms with Gasteiger partial charge in [-0.3, -0.25) is 9.69 Å². The second kappa shape index (κ2) is 8.67. The number of ether oxygens (including phenoxy) is 1. The van der Waals surface area contributed by atoms with Crippen LogP contribution in [0, 0.1) is 0 Å². The number of rotatable bonds is 4. The van der Waals surface area contributed by atoms with Crippen molar-refractivity contribution in [2.24, 2.45) is 0 Å². The number of hydrogen-bond acceptors (Lipinski definition) is 3. The molecule has 1 amide bonds. The number of nitrogens with one attached hydrogen (secondary N) is 1. The molecule has 0 aliphatic carbocycles. The van der Waals surface area contributed by atoms with Crippen LogP contribution in [0.2, 0.25) is 0 Å². The van der Waals surface area contributed by atoms with Crippen molar-refractivity contribution < 1.29 is 9.53 Å². The molecule has 3 rings (SSSR count). The average molecular weight is 333 g/mol. The van der Waals surface area contributed by atoms with Gasteiger partial charge >= 0.3 is 0 Å². The second-order valence-electron chi connectivity index (χ2n) is 5.34. The van der Waals surface area contributed by atoms with E-state index in [-0.39, 0.29) is 18.3 Å². The molecule has 0 radical (unpaired) electrons. The van der Waals surface area contributed by atoms with Crippen molar-refractivity contribution in [3.8, 4) is 11.1 Å². The van der Waals surface area contributed by atoms with Crippen LogP contribution in [-0.4, -0.2) is 43.8 Å². The Morgan fingerprint density at radius 3 is 2.43 bits per heavy atom. The first-order valence-electron chi connectivity index (χ1n) is 7.57. The zero-order valence-electron chi connectivity index (χ0n) is 12.9. The second-order valence-corrected chi connectivity index (χ2v) is 5.34. The van der Waals surface area contributed by atoms with Crippen molar-refractivity contribution in [1.29, 1.82) is 0 Å². The monoisotopic (exact) mass is 332 g/mol. The fourth-order valence-electron chi connectivity index (χ4n) is 2.52. The van der Waals surface area contributed by atoms with E-state index in [4.69, 9.17) is 4.74 Å². The van der Waals surface area contributed by atoms with Crippen molar-refractivity contribution in [2.75, 3.05) is 33.0 Å². The molecule has 5 heteroatoms. The Balaban J connectivity index is 0.00000192. The molecule has 0 spiro atoms. The SMILES string of the molecule is Cl.O=C(NCN1CCOCC1)c1cccc(-c2ccccc2)c1. The van der Waals surface area contributed by atoms with Gasteiger partial charge in [0.1, 0.15) is 0 Å². The first-order chi connectivity index (χ1) is 10.8. The molecule has 2 aromatic carbocycles. The van der Waals surface area contributed by atoms with Crippen LogP contribution in [0.15, 0.2) is 54.6 Å². The van der Waals surface area contributed by atoms with E-state index in [1.165, 1.54) is 0 Å². The molecule has 1 aliphatic heterocycles. The van der Waals surface area contributed by atoms with Gasteiger partial charge in [-0.15, -0.1) is 12.4 Å². The minimum Gasteiger partial charge on any atom is -0.379 e. The third-order valence-electron chi connectivity index (χ3n) is 3.80. The van der Waals surface area contributed by atoms with Crippen molar-refractivity contribution >= 4 is 18.3 Å². The summed E-state index contributed by atoms with van der Waals surface area (Å²) in [6, 6.07) is 17.8. The zero-order valence-corrected chi connectivity index (χ0v) is 13.7. The molecular formula is C18H21ClN2O2. The predicted molar refractivity (Wildman–Crippen MR) is 93.9 cm³/mol. The molecule has 4 nitrogen and oxygen atoms in total. The molecule has 0 atom stereocenters. The minimum absolute atomic E-state index is 0. The van der Waals surface area contributed by atoms with E-state index in [0.717, 1.165) is 37.4 Å². The van der Waals surface area contributed by atoms with E-state index in [1.54, 1.807) is 0 Å². The van der Waals surface area contributed by atoms with Gasteiger partial charge in [-0.2, -0.15) is 0 Å². The van der Waals surface area contributed by atoms with Crippen LogP contribution in [0.4, 0.5) is 0 Å². The Hall–Kier alpha value is -1.88. The number of carbonyl (C=O) groups excluding carboxylic acids is 1. The number of nitrogens with zero attached hydrogens (tertiary/aromatic N) is 1. The quantitative estimate of drug-likeness (QED) is 0.936. The van der Waals surface area contributed by atoms with Crippen LogP contribution in [0.5, 0.6) is 0 Å². The average Bonchev–Trinajstić information content (AvgIpc) is 2.61. The number of carbonyl (C=O) groups is 1. The highest BCUT2D eigenvalue weighted by atomic mass is 35.5. The highest BCUT2D eigenvalue weighted by Crippen LogP contribution is 2.19. The van der Waals surface area contributed by atoms with Gasteiger partial charge < -0.3 is 10.1 Å². The Bertz CT molecular complexity index is 628. The number of hydrogen-bond donors (Lipinski definition) is 1. The van der Waals surface area contributed by atoms with E-state index in [2.05, 4.69) is 10.2 Å². The lowest BCUT2D eigenvalue weighted by Gasteiger charge is -2.26. The molecule has 0 aromatic heterocycles. The van der Waals surface area contributed by atoms with E-state index in [0.29, 0.717) is 12.2 Å². The molecule has 1 N–H and O–H groups in total. The molecular weight excluding hydrogens is 312 g/mol. The van der Waals surface area contributed by atoms with Crippen molar-refractivity contribution in [3.05, 3.63) is 60.2 Å². The first kappa shape index (κ1) is 17.5. The predicted octanol–water partition coefficient (Wildman–Crippen LogP) is 2.79. The summed E-state index contributed by atoms with van der Waals surface area (Å²) in [4.78, 5) is 14.5. The van der Waals surface area contributed by atoms with Crippen LogP contribution in [0.3, 0.4) is 0 Å². The number of halogens is 1. The van der Waals surface area contributed by atoms with Crippen LogP contribution in [-0.2, 0) is 4.74 Å². The normalized spacial score (nSPS) is 14.8. The summed E-state index contributed by atoms with van der Waals surface area (Å²) in [7, 11) is 0. The zero-order chi connectivity index (χ0) is 15.2. The van der Waals surface area contributed by atoms with Gasteiger partial charge in [-0.05, 0) is 23.3 Å². The standard InChI is InChI=1S/C18H20N2O2.ClH/c21-18(19-14-20-9-11-22-12-10-20)17-8-4-7-16(13-17)15-5-2-1-3-6-15;/h1-8,13H,9-12,14H2,(H,19,21);1H. The van der Waals surface area contributed by atoms with Crippen LogP contribution in [0.1, 0.15) is 10.4 Å². The topological polar surface area (TPSA) is 41.6 Å². The Kier molecular flexibility index (Phi) is 6.59. The Morgan fingerprint density at radius 1 is 1.00 bits per heavy atom. The largest absolute Gasteiger partial charge is 0.379 e. The van der Waals surface area contributed by atoms with Gasteiger partial charge in [-0.25, -0.2) is 0 Å². The Labute approximate surface area is 142 Å². The first-order valence-corrected chi connectivity index (χ1v) is 7.57. The van der Waals surface area contributed by atoms with E-state index in [1.807, 2.05) is 54.6 Å². The third-order valence-corrected chi connectivity index (χ3v) is 3.80. The van der Waals surface area contributed by atoms with Crippen LogP contribution in [0.25, 0.3) is 11.1 Å². The van der Waals surface area contributed by atoms with Crippen LogP contribution < -0.4 is 5.32 Å². The summed E-state index contributed by atoms with van der Waals surface area (Å²) >= 11 is 0. The minimum atomic E-state index is -0.0377. The maximum atomic E-state index is 12.3. The molecule has 122 valence electrons. The molecule has 0 bridgehead atoms. The number of benzene rings is 2. The van der Waals surface area contributed by atoms with Gasteiger partial charge in [0.05, 0.1) is 19.9 Å². The fraction of sp³-hybridized carbons (Fsp3) is 0.278. The van der Waals surface area contributed by atoms with Crippen molar-refractivity contribution in [2.45, 2.75) is 0 Å². The summed E-state index contributed by atoms with van der Waals surface area (Å²) in [5.41, 5.74) is 2.86. The molecule has 23 heavy (non-hydrogen) atoms. The Morgan fingerprint density at radius 2 is 1.70 bits per heavy atom. The smallest absolute Gasteiger partial charge is 0.252 e. The lowest BCUT2D eigenvalue weighted by atomic mass is 10.0. The molecule has 0 unspecified atom stereocenters. The number of morpholine rings is 1. The van der Waals surface area contributed by atoms with Gasteiger partial charge in [0.25, 0.3) is 5.91 Å². The van der Waals surface area contributed by atoms with Crippen molar-refractivity contribution in [3.63, 3.8) is 0 Å². The maximum Gasteiger partial charge on any atom is 0.252 e. The lowest BCUT2D eigenvalue weighted by Crippen LogP contribution is -2.43. The van der Waals surface area contributed by atoms with Crippen molar-refractivity contribution in [1.82, 2.24) is 10.2 Å². The van der Waals surface area contributed by atoms with Gasteiger partial charge in [0, 0.05) is 18.7 Å². The van der Waals surface area contributed by atoms with Gasteiger partial charge in [0.2, 0.25) is 0 Å².